The van der Waals surface area contributed by atoms with Crippen LogP contribution < -0.4 is 14.8 Å². The molecular formula is C15H12Br2FNO2. The lowest BCUT2D eigenvalue weighted by Gasteiger charge is -2.20. The van der Waals surface area contributed by atoms with E-state index in [0.29, 0.717) is 35.7 Å². The summed E-state index contributed by atoms with van der Waals surface area (Å²) in [5, 5.41) is 3.09. The van der Waals surface area contributed by atoms with Gasteiger partial charge in [-0.05, 0) is 61.7 Å². The van der Waals surface area contributed by atoms with Gasteiger partial charge in [-0.25, -0.2) is 4.39 Å². The Bertz CT molecular complexity index is 659. The van der Waals surface area contributed by atoms with E-state index in [9.17, 15) is 4.39 Å². The largest absolute Gasteiger partial charge is 0.486 e. The molecule has 1 heterocycles. The van der Waals surface area contributed by atoms with E-state index in [2.05, 4.69) is 37.2 Å². The molecular weight excluding hydrogens is 405 g/mol. The van der Waals surface area contributed by atoms with Crippen LogP contribution in [0.4, 0.5) is 10.1 Å². The Morgan fingerprint density at radius 3 is 2.71 bits per heavy atom. The number of fused-ring (bicyclic) bond motifs is 1. The van der Waals surface area contributed by atoms with Gasteiger partial charge in [-0.3, -0.25) is 0 Å². The molecule has 0 saturated carbocycles. The van der Waals surface area contributed by atoms with E-state index in [1.54, 1.807) is 12.1 Å². The Morgan fingerprint density at radius 2 is 1.90 bits per heavy atom. The number of anilines is 1. The van der Waals surface area contributed by atoms with Crippen molar-refractivity contribution in [3.05, 3.63) is 50.7 Å². The molecule has 21 heavy (non-hydrogen) atoms. The molecule has 0 atom stereocenters. The standard InChI is InChI=1S/C15H12Br2FNO2/c16-10-2-1-3-12(18)14(10)19-8-9-6-11(17)15-13(7-9)20-4-5-21-15/h1-3,6-7,19H,4-5,8H2. The zero-order valence-corrected chi connectivity index (χ0v) is 14.1. The first-order valence-electron chi connectivity index (χ1n) is 6.41. The number of ether oxygens (including phenoxy) is 2. The highest BCUT2D eigenvalue weighted by molar-refractivity contribution is 9.11. The maximum absolute atomic E-state index is 13.8. The summed E-state index contributed by atoms with van der Waals surface area (Å²) in [5.41, 5.74) is 1.42. The molecule has 0 spiro atoms. The number of halogens is 3. The Hall–Kier alpha value is -1.27. The molecule has 6 heteroatoms. The van der Waals surface area contributed by atoms with Gasteiger partial charge in [-0.15, -0.1) is 0 Å². The predicted molar refractivity (Wildman–Crippen MR) is 86.6 cm³/mol. The van der Waals surface area contributed by atoms with Crippen molar-refractivity contribution in [1.29, 1.82) is 0 Å². The van der Waals surface area contributed by atoms with Crippen molar-refractivity contribution in [3.63, 3.8) is 0 Å². The quantitative estimate of drug-likeness (QED) is 0.784. The summed E-state index contributed by atoms with van der Waals surface area (Å²) in [4.78, 5) is 0. The molecule has 3 nitrogen and oxygen atoms in total. The first-order chi connectivity index (χ1) is 10.1. The Kier molecular flexibility index (Phi) is 4.35. The van der Waals surface area contributed by atoms with Crippen LogP contribution in [0.1, 0.15) is 5.56 Å². The van der Waals surface area contributed by atoms with Gasteiger partial charge in [0.1, 0.15) is 19.0 Å². The average Bonchev–Trinajstić information content (AvgIpc) is 2.47. The SMILES string of the molecule is Fc1cccc(Br)c1NCc1cc(Br)c2c(c1)OCCO2. The van der Waals surface area contributed by atoms with Crippen molar-refractivity contribution in [2.24, 2.45) is 0 Å². The van der Waals surface area contributed by atoms with Gasteiger partial charge in [-0.2, -0.15) is 0 Å². The van der Waals surface area contributed by atoms with E-state index in [1.165, 1.54) is 6.07 Å². The van der Waals surface area contributed by atoms with Crippen LogP contribution in [0.2, 0.25) is 0 Å². The van der Waals surface area contributed by atoms with Crippen molar-refractivity contribution in [2.45, 2.75) is 6.54 Å². The molecule has 0 aromatic heterocycles. The van der Waals surface area contributed by atoms with Gasteiger partial charge in [0.2, 0.25) is 0 Å². The second kappa shape index (κ2) is 6.23. The predicted octanol–water partition coefficient (Wildman–Crippen LogP) is 4.73. The lowest BCUT2D eigenvalue weighted by Crippen LogP contribution is -2.16. The van der Waals surface area contributed by atoms with Gasteiger partial charge < -0.3 is 14.8 Å². The summed E-state index contributed by atoms with van der Waals surface area (Å²) in [6, 6.07) is 8.72. The number of para-hydroxylation sites is 1. The minimum Gasteiger partial charge on any atom is -0.486 e. The molecule has 0 amide bonds. The molecule has 0 bridgehead atoms. The normalized spacial score (nSPS) is 13.1. The third kappa shape index (κ3) is 3.16. The smallest absolute Gasteiger partial charge is 0.175 e. The van der Waals surface area contributed by atoms with E-state index in [-0.39, 0.29) is 5.82 Å². The minimum absolute atomic E-state index is 0.291. The van der Waals surface area contributed by atoms with Gasteiger partial charge in [0.05, 0.1) is 10.2 Å². The lowest BCUT2D eigenvalue weighted by atomic mass is 10.2. The molecule has 3 rings (SSSR count). The van der Waals surface area contributed by atoms with Crippen molar-refractivity contribution in [3.8, 4) is 11.5 Å². The molecule has 2 aromatic rings. The molecule has 0 saturated heterocycles. The summed E-state index contributed by atoms with van der Waals surface area (Å²) in [6.45, 7) is 1.56. The van der Waals surface area contributed by atoms with E-state index < -0.39 is 0 Å². The second-order valence-electron chi connectivity index (χ2n) is 4.55. The first kappa shape index (κ1) is 14.7. The van der Waals surface area contributed by atoms with E-state index in [4.69, 9.17) is 9.47 Å². The Balaban J connectivity index is 1.81. The maximum atomic E-state index is 13.8. The van der Waals surface area contributed by atoms with Crippen LogP contribution in [0.5, 0.6) is 11.5 Å². The van der Waals surface area contributed by atoms with Gasteiger partial charge in [-0.1, -0.05) is 6.07 Å². The number of nitrogens with one attached hydrogen (secondary N) is 1. The van der Waals surface area contributed by atoms with Crippen LogP contribution in [0.15, 0.2) is 39.3 Å². The van der Waals surface area contributed by atoms with Gasteiger partial charge in [0, 0.05) is 11.0 Å². The number of benzene rings is 2. The highest BCUT2D eigenvalue weighted by Gasteiger charge is 2.16. The van der Waals surface area contributed by atoms with E-state index in [0.717, 1.165) is 15.8 Å². The van der Waals surface area contributed by atoms with Gasteiger partial charge in [0.25, 0.3) is 0 Å². The van der Waals surface area contributed by atoms with E-state index >= 15 is 0 Å². The van der Waals surface area contributed by atoms with Crippen molar-refractivity contribution in [2.75, 3.05) is 18.5 Å². The monoisotopic (exact) mass is 415 g/mol. The molecule has 1 aliphatic heterocycles. The summed E-state index contributed by atoms with van der Waals surface area (Å²) >= 11 is 6.81. The summed E-state index contributed by atoms with van der Waals surface area (Å²) in [5.74, 6) is 1.14. The fraction of sp³-hybridized carbons (Fsp3) is 0.200. The van der Waals surface area contributed by atoms with Crippen LogP contribution in [0, 0.1) is 5.82 Å². The van der Waals surface area contributed by atoms with Crippen LogP contribution >= 0.6 is 31.9 Å². The number of hydrogen-bond acceptors (Lipinski definition) is 3. The molecule has 0 radical (unpaired) electrons. The fourth-order valence-corrected chi connectivity index (χ4v) is 3.21. The van der Waals surface area contributed by atoms with Gasteiger partial charge >= 0.3 is 0 Å². The van der Waals surface area contributed by atoms with E-state index in [1.807, 2.05) is 12.1 Å². The molecule has 0 aliphatic carbocycles. The molecule has 0 fully saturated rings. The van der Waals surface area contributed by atoms with Crippen LogP contribution in [0.3, 0.4) is 0 Å². The molecule has 1 aliphatic rings. The summed E-state index contributed by atoms with van der Waals surface area (Å²) < 4.78 is 26.4. The maximum Gasteiger partial charge on any atom is 0.175 e. The highest BCUT2D eigenvalue weighted by Crippen LogP contribution is 2.38. The van der Waals surface area contributed by atoms with Crippen molar-refractivity contribution < 1.29 is 13.9 Å². The third-order valence-corrected chi connectivity index (χ3v) is 4.34. The van der Waals surface area contributed by atoms with Gasteiger partial charge in [0.15, 0.2) is 11.5 Å². The number of rotatable bonds is 3. The minimum atomic E-state index is -0.291. The third-order valence-electron chi connectivity index (χ3n) is 3.09. The van der Waals surface area contributed by atoms with Crippen LogP contribution in [-0.2, 0) is 6.54 Å². The Morgan fingerprint density at radius 1 is 1.10 bits per heavy atom. The molecule has 0 unspecified atom stereocenters. The average molecular weight is 417 g/mol. The van der Waals surface area contributed by atoms with Crippen molar-refractivity contribution >= 4 is 37.5 Å². The highest BCUT2D eigenvalue weighted by atomic mass is 79.9. The lowest BCUT2D eigenvalue weighted by molar-refractivity contribution is 0.170. The van der Waals surface area contributed by atoms with Crippen LogP contribution in [0.25, 0.3) is 0 Å². The molecule has 2 aromatic carbocycles. The van der Waals surface area contributed by atoms with Crippen LogP contribution in [-0.4, -0.2) is 13.2 Å². The molecule has 1 N–H and O–H groups in total. The fourth-order valence-electron chi connectivity index (χ4n) is 2.12. The Labute approximate surface area is 138 Å². The molecule has 110 valence electrons. The topological polar surface area (TPSA) is 30.5 Å². The zero-order chi connectivity index (χ0) is 14.8. The first-order valence-corrected chi connectivity index (χ1v) is 7.99. The summed E-state index contributed by atoms with van der Waals surface area (Å²) in [6.07, 6.45) is 0. The number of hydrogen-bond donors (Lipinski definition) is 1. The summed E-state index contributed by atoms with van der Waals surface area (Å²) in [7, 11) is 0. The zero-order valence-electron chi connectivity index (χ0n) is 11.0. The van der Waals surface area contributed by atoms with Crippen molar-refractivity contribution in [1.82, 2.24) is 0 Å². The second-order valence-corrected chi connectivity index (χ2v) is 6.26.